The van der Waals surface area contributed by atoms with Crippen LogP contribution in [0.15, 0.2) is 83.5 Å². The monoisotopic (exact) mass is 505 g/mol. The van der Waals surface area contributed by atoms with Gasteiger partial charge in [-0.25, -0.2) is 14.4 Å². The molecule has 0 fully saturated rings. The number of benzene rings is 3. The molecule has 0 radical (unpaired) electrons. The number of hydrogen-bond donors (Lipinski definition) is 3. The lowest BCUT2D eigenvalue weighted by Crippen LogP contribution is -2.32. The molecule has 5 rings (SSSR count). The van der Waals surface area contributed by atoms with Crippen molar-refractivity contribution in [2.24, 2.45) is 0 Å². The number of carbonyl (C=O) groups is 1. The zero-order valence-corrected chi connectivity index (χ0v) is 19.1. The number of halogens is 2. The highest BCUT2D eigenvalue weighted by atomic mass is 35.5. The second-order valence-corrected chi connectivity index (χ2v) is 8.17. The molecular weight excluding hydrogens is 489 g/mol. The Morgan fingerprint density at radius 1 is 1.03 bits per heavy atom. The summed E-state index contributed by atoms with van der Waals surface area (Å²) in [4.78, 5) is 19.5. The smallest absolute Gasteiger partial charge is 0.351 e. The van der Waals surface area contributed by atoms with Gasteiger partial charge in [0.25, 0.3) is 0 Å². The van der Waals surface area contributed by atoms with Crippen molar-refractivity contribution in [2.45, 2.75) is 5.97 Å². The minimum atomic E-state index is -2.80. The van der Waals surface area contributed by atoms with E-state index in [0.29, 0.717) is 34.5 Å². The lowest BCUT2D eigenvalue weighted by atomic mass is 10.1. The van der Waals surface area contributed by atoms with Crippen LogP contribution in [0.25, 0.3) is 22.2 Å². The molecule has 0 aliphatic rings. The quantitative estimate of drug-likeness (QED) is 0.198. The Balaban J connectivity index is 1.42. The average molecular weight is 506 g/mol. The molecule has 0 unspecified atom stereocenters. The first-order valence-corrected chi connectivity index (χ1v) is 11.0. The van der Waals surface area contributed by atoms with Gasteiger partial charge in [0.2, 0.25) is 0 Å². The number of aliphatic hydroxyl groups is 2. The van der Waals surface area contributed by atoms with Crippen LogP contribution in [-0.2, 0) is 5.97 Å². The Kier molecular flexibility index (Phi) is 6.11. The molecule has 0 atom stereocenters. The van der Waals surface area contributed by atoms with Crippen LogP contribution in [0.5, 0.6) is 5.75 Å². The fraction of sp³-hybridized carbons (Fsp3) is 0.0385. The van der Waals surface area contributed by atoms with Crippen LogP contribution < -0.4 is 10.1 Å². The summed E-state index contributed by atoms with van der Waals surface area (Å²) in [5, 5.41) is 24.5. The summed E-state index contributed by atoms with van der Waals surface area (Å²) < 4.78 is 24.2. The van der Waals surface area contributed by atoms with Gasteiger partial charge in [-0.2, -0.15) is 0 Å². The van der Waals surface area contributed by atoms with Gasteiger partial charge >= 0.3 is 5.97 Å². The molecule has 0 aliphatic heterocycles. The van der Waals surface area contributed by atoms with Gasteiger partial charge in [0.15, 0.2) is 12.0 Å². The molecule has 2 heterocycles. The highest BCUT2D eigenvalue weighted by Gasteiger charge is 2.30. The van der Waals surface area contributed by atoms with E-state index in [4.69, 9.17) is 20.8 Å². The number of fused-ring (bicyclic) bond motifs is 1. The van der Waals surface area contributed by atoms with E-state index < -0.39 is 11.8 Å². The Morgan fingerprint density at radius 3 is 2.64 bits per heavy atom. The zero-order valence-electron chi connectivity index (χ0n) is 18.4. The summed E-state index contributed by atoms with van der Waals surface area (Å²) in [6, 6.07) is 18.0. The van der Waals surface area contributed by atoms with E-state index in [0.717, 1.165) is 11.6 Å². The molecule has 36 heavy (non-hydrogen) atoms. The maximum absolute atomic E-state index is 13.5. The molecule has 180 valence electrons. The number of carbonyl (C=O) groups excluding carboxylic acids is 1. The third kappa shape index (κ3) is 4.76. The van der Waals surface area contributed by atoms with Crippen molar-refractivity contribution in [3.63, 3.8) is 0 Å². The van der Waals surface area contributed by atoms with E-state index in [2.05, 4.69) is 15.3 Å². The van der Waals surface area contributed by atoms with E-state index >= 15 is 0 Å². The summed E-state index contributed by atoms with van der Waals surface area (Å²) in [7, 11) is 0. The second-order valence-electron chi connectivity index (χ2n) is 7.76. The Bertz CT molecular complexity index is 1590. The maximum atomic E-state index is 13.5. The predicted molar refractivity (Wildman–Crippen MR) is 131 cm³/mol. The largest absolute Gasteiger partial charge is 0.453 e. The van der Waals surface area contributed by atoms with E-state index in [9.17, 15) is 19.4 Å². The Hall–Kier alpha value is -4.31. The van der Waals surface area contributed by atoms with Gasteiger partial charge in [-0.3, -0.25) is 4.79 Å². The van der Waals surface area contributed by atoms with Crippen molar-refractivity contribution in [3.8, 4) is 17.1 Å². The third-order valence-electron chi connectivity index (χ3n) is 5.31. The fourth-order valence-corrected chi connectivity index (χ4v) is 3.80. The summed E-state index contributed by atoms with van der Waals surface area (Å²) in [5.74, 6) is -2.26. The first-order valence-electron chi connectivity index (χ1n) is 10.6. The third-order valence-corrected chi connectivity index (χ3v) is 5.61. The number of rotatable bonds is 7. The summed E-state index contributed by atoms with van der Waals surface area (Å²) in [6.07, 6.45) is 2.04. The number of furan rings is 1. The normalized spacial score (nSPS) is 11.4. The number of hydrogen-bond acceptors (Lipinski definition) is 8. The van der Waals surface area contributed by atoms with Crippen molar-refractivity contribution in [2.75, 3.05) is 5.32 Å². The van der Waals surface area contributed by atoms with Gasteiger partial charge in [0, 0.05) is 16.6 Å². The van der Waals surface area contributed by atoms with Crippen LogP contribution in [0.1, 0.15) is 16.1 Å². The number of aldehydes is 1. The zero-order chi connectivity index (χ0) is 25.3. The van der Waals surface area contributed by atoms with Crippen molar-refractivity contribution in [1.29, 1.82) is 0 Å². The molecule has 0 saturated carbocycles. The summed E-state index contributed by atoms with van der Waals surface area (Å²) in [6.45, 7) is 0. The minimum Gasteiger partial charge on any atom is -0.453 e. The molecule has 0 spiro atoms. The van der Waals surface area contributed by atoms with Crippen molar-refractivity contribution >= 4 is 40.3 Å². The topological polar surface area (TPSA) is 118 Å². The highest BCUT2D eigenvalue weighted by molar-refractivity contribution is 6.32. The number of ether oxygens (including phenoxy) is 1. The molecule has 0 bridgehead atoms. The average Bonchev–Trinajstić information content (AvgIpc) is 3.35. The summed E-state index contributed by atoms with van der Waals surface area (Å²) >= 11 is 6.33. The second kappa shape index (κ2) is 9.38. The van der Waals surface area contributed by atoms with E-state index in [-0.39, 0.29) is 22.1 Å². The predicted octanol–water partition coefficient (Wildman–Crippen LogP) is 5.41. The molecule has 8 nitrogen and oxygen atoms in total. The Labute approximate surface area is 208 Å². The number of nitrogens with zero attached hydrogens (tertiary/aromatic N) is 2. The van der Waals surface area contributed by atoms with Crippen molar-refractivity contribution < 1.29 is 28.6 Å². The summed E-state index contributed by atoms with van der Waals surface area (Å²) in [5.41, 5.74) is 1.74. The minimum absolute atomic E-state index is 0.0323. The Morgan fingerprint density at radius 2 is 1.89 bits per heavy atom. The standard InChI is InChI=1S/C26H17ClFN3O5/c27-21-12-18(5-8-24(21)36-26(33,34)16-2-1-3-17(28)11-16)31-25-20-10-15(4-7-22(20)29-14-30-25)23-9-6-19(13-32)35-23/h1-14,33-34H,(H,29,30,31). The molecular formula is C26H17ClFN3O5. The maximum Gasteiger partial charge on any atom is 0.351 e. The fourth-order valence-electron chi connectivity index (χ4n) is 3.58. The van der Waals surface area contributed by atoms with Crippen LogP contribution in [0.3, 0.4) is 0 Å². The van der Waals surface area contributed by atoms with Gasteiger partial charge in [-0.15, -0.1) is 0 Å². The van der Waals surface area contributed by atoms with E-state index in [1.54, 1.807) is 24.3 Å². The molecule has 3 aromatic carbocycles. The van der Waals surface area contributed by atoms with Crippen LogP contribution in [0, 0.1) is 5.82 Å². The number of aromatic nitrogens is 2. The molecule has 2 aromatic heterocycles. The van der Waals surface area contributed by atoms with Gasteiger partial charge < -0.3 is 24.7 Å². The van der Waals surface area contributed by atoms with Crippen LogP contribution >= 0.6 is 11.6 Å². The molecule has 5 aromatic rings. The van der Waals surface area contributed by atoms with Gasteiger partial charge in [-0.05, 0) is 66.7 Å². The molecule has 0 saturated heterocycles. The lowest BCUT2D eigenvalue weighted by molar-refractivity contribution is -0.304. The number of nitrogens with one attached hydrogen (secondary N) is 1. The van der Waals surface area contributed by atoms with Crippen LogP contribution in [0.2, 0.25) is 5.02 Å². The SMILES string of the molecule is O=Cc1ccc(-c2ccc3ncnc(Nc4ccc(OC(O)(O)c5cccc(F)c5)c(Cl)c4)c3c2)o1. The molecule has 3 N–H and O–H groups in total. The van der Waals surface area contributed by atoms with Gasteiger partial charge in [0.05, 0.1) is 16.1 Å². The molecule has 10 heteroatoms. The van der Waals surface area contributed by atoms with Crippen molar-refractivity contribution in [1.82, 2.24) is 9.97 Å². The first-order chi connectivity index (χ1) is 17.3. The van der Waals surface area contributed by atoms with Gasteiger partial charge in [-0.1, -0.05) is 17.7 Å². The van der Waals surface area contributed by atoms with Crippen LogP contribution in [-0.4, -0.2) is 26.5 Å². The van der Waals surface area contributed by atoms with Crippen molar-refractivity contribution in [3.05, 3.63) is 101 Å². The number of anilines is 2. The highest BCUT2D eigenvalue weighted by Crippen LogP contribution is 2.34. The first kappa shape index (κ1) is 23.4. The molecule has 0 amide bonds. The van der Waals surface area contributed by atoms with E-state index in [1.807, 2.05) is 12.1 Å². The van der Waals surface area contributed by atoms with Crippen LogP contribution in [0.4, 0.5) is 15.9 Å². The van der Waals surface area contributed by atoms with Gasteiger partial charge in [0.1, 0.15) is 29.5 Å². The molecule has 0 aliphatic carbocycles. The van der Waals surface area contributed by atoms with E-state index in [1.165, 1.54) is 36.7 Å². The lowest BCUT2D eigenvalue weighted by Gasteiger charge is -2.24.